The third-order valence-corrected chi connectivity index (χ3v) is 3.48. The van der Waals surface area contributed by atoms with Crippen molar-refractivity contribution in [3.05, 3.63) is 34.4 Å². The van der Waals surface area contributed by atoms with Crippen molar-refractivity contribution in [2.75, 3.05) is 0 Å². The van der Waals surface area contributed by atoms with E-state index in [2.05, 4.69) is 26.1 Å². The van der Waals surface area contributed by atoms with E-state index in [0.29, 0.717) is 28.2 Å². The molecule has 2 rings (SSSR count). The minimum absolute atomic E-state index is 0.327. The first-order valence-electron chi connectivity index (χ1n) is 5.52. The number of halogens is 2. The summed E-state index contributed by atoms with van der Waals surface area (Å²) in [6.07, 6.45) is 0.680. The Morgan fingerprint density at radius 3 is 2.83 bits per heavy atom. The lowest BCUT2D eigenvalue weighted by Gasteiger charge is -2.16. The molecular weight excluding hydrogens is 301 g/mol. The molecule has 0 aliphatic rings. The molecule has 0 radical (unpaired) electrons. The standard InChI is InChI=1S/C12H13BrFN3O/c1-3-12(2,15)11-16-10(17-18-11)8-5-4-7(14)6-9(8)13/h4-6H,3,15H2,1-2H3. The predicted molar refractivity (Wildman–Crippen MR) is 69.2 cm³/mol. The van der Waals surface area contributed by atoms with Gasteiger partial charge >= 0.3 is 0 Å². The van der Waals surface area contributed by atoms with Gasteiger partial charge in [-0.25, -0.2) is 4.39 Å². The van der Waals surface area contributed by atoms with Crippen LogP contribution in [0.3, 0.4) is 0 Å². The second-order valence-corrected chi connectivity index (χ2v) is 5.17. The average Bonchev–Trinajstić information content (AvgIpc) is 2.79. The van der Waals surface area contributed by atoms with Gasteiger partial charge in [0.2, 0.25) is 11.7 Å². The van der Waals surface area contributed by atoms with Gasteiger partial charge in [-0.1, -0.05) is 12.1 Å². The molecule has 1 aromatic carbocycles. The minimum Gasteiger partial charge on any atom is -0.337 e. The van der Waals surface area contributed by atoms with Gasteiger partial charge in [-0.05, 0) is 47.5 Å². The van der Waals surface area contributed by atoms with Gasteiger partial charge < -0.3 is 10.3 Å². The first kappa shape index (κ1) is 13.2. The summed E-state index contributed by atoms with van der Waals surface area (Å²) in [5.41, 5.74) is 6.03. The SMILES string of the molecule is CCC(C)(N)c1nc(-c2ccc(F)cc2Br)no1. The summed E-state index contributed by atoms with van der Waals surface area (Å²) in [7, 11) is 0. The molecule has 0 bridgehead atoms. The lowest BCUT2D eigenvalue weighted by atomic mass is 10.0. The Bertz CT molecular complexity index is 568. The molecule has 96 valence electrons. The number of nitrogens with two attached hydrogens (primary N) is 1. The maximum atomic E-state index is 13.0. The van der Waals surface area contributed by atoms with E-state index in [1.807, 2.05) is 13.8 Å². The van der Waals surface area contributed by atoms with Crippen LogP contribution in [0.25, 0.3) is 11.4 Å². The van der Waals surface area contributed by atoms with E-state index in [1.54, 1.807) is 6.07 Å². The molecule has 2 N–H and O–H groups in total. The molecule has 0 amide bonds. The van der Waals surface area contributed by atoms with E-state index in [4.69, 9.17) is 10.3 Å². The van der Waals surface area contributed by atoms with Crippen LogP contribution < -0.4 is 5.73 Å². The zero-order chi connectivity index (χ0) is 13.3. The molecule has 6 heteroatoms. The van der Waals surface area contributed by atoms with Gasteiger partial charge in [0, 0.05) is 10.0 Å². The molecule has 1 heterocycles. The Hall–Kier alpha value is -1.27. The Labute approximate surface area is 113 Å². The Morgan fingerprint density at radius 2 is 2.22 bits per heavy atom. The van der Waals surface area contributed by atoms with Crippen molar-refractivity contribution >= 4 is 15.9 Å². The summed E-state index contributed by atoms with van der Waals surface area (Å²) in [5, 5.41) is 3.87. The quantitative estimate of drug-likeness (QED) is 0.944. The minimum atomic E-state index is -0.655. The lowest BCUT2D eigenvalue weighted by Crippen LogP contribution is -2.32. The largest absolute Gasteiger partial charge is 0.337 e. The topological polar surface area (TPSA) is 64.9 Å². The zero-order valence-corrected chi connectivity index (χ0v) is 11.7. The highest BCUT2D eigenvalue weighted by molar-refractivity contribution is 9.10. The first-order valence-corrected chi connectivity index (χ1v) is 6.32. The number of nitrogens with zero attached hydrogens (tertiary/aromatic N) is 2. The first-order chi connectivity index (χ1) is 8.44. The van der Waals surface area contributed by atoms with E-state index in [1.165, 1.54) is 12.1 Å². The van der Waals surface area contributed by atoms with Gasteiger partial charge in [0.15, 0.2) is 0 Å². The third-order valence-electron chi connectivity index (χ3n) is 2.82. The van der Waals surface area contributed by atoms with E-state index >= 15 is 0 Å². The summed E-state index contributed by atoms with van der Waals surface area (Å²) in [6.45, 7) is 3.77. The molecule has 2 aromatic rings. The summed E-state index contributed by atoms with van der Waals surface area (Å²) < 4.78 is 18.7. The normalized spacial score (nSPS) is 14.5. The fourth-order valence-electron chi connectivity index (χ4n) is 1.39. The van der Waals surface area contributed by atoms with Crippen LogP contribution in [0.4, 0.5) is 4.39 Å². The molecule has 0 spiro atoms. The molecule has 1 unspecified atom stereocenters. The summed E-state index contributed by atoms with van der Waals surface area (Å²) >= 11 is 3.27. The fourth-order valence-corrected chi connectivity index (χ4v) is 1.92. The van der Waals surface area contributed by atoms with Crippen LogP contribution in [0.5, 0.6) is 0 Å². The fraction of sp³-hybridized carbons (Fsp3) is 0.333. The number of benzene rings is 1. The lowest BCUT2D eigenvalue weighted by molar-refractivity contribution is 0.291. The maximum Gasteiger partial charge on any atom is 0.246 e. The molecule has 1 atom stereocenters. The molecule has 0 aliphatic carbocycles. The second kappa shape index (κ2) is 4.78. The average molecular weight is 314 g/mol. The highest BCUT2D eigenvalue weighted by Gasteiger charge is 2.26. The van der Waals surface area contributed by atoms with Crippen LogP contribution in [0.1, 0.15) is 26.2 Å². The smallest absolute Gasteiger partial charge is 0.246 e. The highest BCUT2D eigenvalue weighted by atomic mass is 79.9. The van der Waals surface area contributed by atoms with Crippen molar-refractivity contribution in [1.29, 1.82) is 0 Å². The Balaban J connectivity index is 2.41. The zero-order valence-electron chi connectivity index (χ0n) is 10.1. The number of hydrogen-bond acceptors (Lipinski definition) is 4. The van der Waals surface area contributed by atoms with Crippen molar-refractivity contribution in [2.45, 2.75) is 25.8 Å². The van der Waals surface area contributed by atoms with Gasteiger partial charge in [0.1, 0.15) is 5.82 Å². The maximum absolute atomic E-state index is 13.0. The molecular formula is C12H13BrFN3O. The van der Waals surface area contributed by atoms with E-state index in [9.17, 15) is 4.39 Å². The Morgan fingerprint density at radius 1 is 1.50 bits per heavy atom. The highest BCUT2D eigenvalue weighted by Crippen LogP contribution is 2.28. The van der Waals surface area contributed by atoms with Crippen molar-refractivity contribution in [3.8, 4) is 11.4 Å². The molecule has 4 nitrogen and oxygen atoms in total. The van der Waals surface area contributed by atoms with Gasteiger partial charge in [-0.3, -0.25) is 0 Å². The molecule has 0 saturated heterocycles. The number of aromatic nitrogens is 2. The van der Waals surface area contributed by atoms with Crippen molar-refractivity contribution in [1.82, 2.24) is 10.1 Å². The van der Waals surface area contributed by atoms with E-state index in [0.717, 1.165) is 0 Å². The summed E-state index contributed by atoms with van der Waals surface area (Å²) in [6, 6.07) is 4.29. The summed E-state index contributed by atoms with van der Waals surface area (Å²) in [4.78, 5) is 4.26. The van der Waals surface area contributed by atoms with Crippen LogP contribution >= 0.6 is 15.9 Å². The second-order valence-electron chi connectivity index (χ2n) is 4.32. The molecule has 0 saturated carbocycles. The van der Waals surface area contributed by atoms with Crippen LogP contribution in [0.2, 0.25) is 0 Å². The van der Waals surface area contributed by atoms with Crippen molar-refractivity contribution in [2.24, 2.45) is 5.73 Å². The molecule has 0 aliphatic heterocycles. The number of rotatable bonds is 3. The van der Waals surface area contributed by atoms with Crippen molar-refractivity contribution in [3.63, 3.8) is 0 Å². The molecule has 18 heavy (non-hydrogen) atoms. The van der Waals surface area contributed by atoms with Crippen LogP contribution in [-0.4, -0.2) is 10.1 Å². The molecule has 0 fully saturated rings. The molecule has 1 aromatic heterocycles. The van der Waals surface area contributed by atoms with Crippen LogP contribution in [-0.2, 0) is 5.54 Å². The van der Waals surface area contributed by atoms with Crippen LogP contribution in [0.15, 0.2) is 27.2 Å². The van der Waals surface area contributed by atoms with E-state index in [-0.39, 0.29) is 5.82 Å². The number of hydrogen-bond donors (Lipinski definition) is 1. The summed E-state index contributed by atoms with van der Waals surface area (Å²) in [5.74, 6) is 0.435. The third kappa shape index (κ3) is 2.44. The monoisotopic (exact) mass is 313 g/mol. The predicted octanol–water partition coefficient (Wildman–Crippen LogP) is 3.22. The van der Waals surface area contributed by atoms with Gasteiger partial charge in [-0.15, -0.1) is 0 Å². The van der Waals surface area contributed by atoms with Gasteiger partial charge in [0.05, 0.1) is 5.54 Å². The Kier molecular flexibility index (Phi) is 3.49. The van der Waals surface area contributed by atoms with Crippen LogP contribution in [0, 0.1) is 5.82 Å². The van der Waals surface area contributed by atoms with E-state index < -0.39 is 5.54 Å². The van der Waals surface area contributed by atoms with Gasteiger partial charge in [-0.2, -0.15) is 4.98 Å². The van der Waals surface area contributed by atoms with Crippen molar-refractivity contribution < 1.29 is 8.91 Å². The van der Waals surface area contributed by atoms with Gasteiger partial charge in [0.25, 0.3) is 0 Å².